The van der Waals surface area contributed by atoms with Crippen LogP contribution in [0.15, 0.2) is 66.9 Å². The maximum absolute atomic E-state index is 14.7. The van der Waals surface area contributed by atoms with Gasteiger partial charge in [0.25, 0.3) is 0 Å². The summed E-state index contributed by atoms with van der Waals surface area (Å²) < 4.78 is 20.5. The van der Waals surface area contributed by atoms with Gasteiger partial charge in [0.05, 0.1) is 17.2 Å². The molecule has 1 aliphatic rings. The topological polar surface area (TPSA) is 79.4 Å². The zero-order valence-electron chi connectivity index (χ0n) is 18.1. The van der Waals surface area contributed by atoms with E-state index in [1.54, 1.807) is 54.7 Å². The lowest BCUT2D eigenvalue weighted by Crippen LogP contribution is -2.19. The van der Waals surface area contributed by atoms with Gasteiger partial charge in [-0.2, -0.15) is 0 Å². The fraction of sp³-hybridized carbons (Fsp3) is 0.160. The van der Waals surface area contributed by atoms with Crippen LogP contribution in [0.5, 0.6) is 11.5 Å². The van der Waals surface area contributed by atoms with E-state index >= 15 is 0 Å². The summed E-state index contributed by atoms with van der Waals surface area (Å²) in [6.45, 7) is 1.94. The SMILES string of the molecule is O=C(Nc1cccc(Cl)c1)Nc1ccc(Oc2ccc3ncc(N4CCCC4)nc3c2)c(F)c1. The smallest absolute Gasteiger partial charge is 0.323 e. The lowest BCUT2D eigenvalue weighted by molar-refractivity contribution is 0.262. The number of carbonyl (C=O) groups is 1. The Morgan fingerprint density at radius 2 is 1.76 bits per heavy atom. The molecule has 1 saturated heterocycles. The summed E-state index contributed by atoms with van der Waals surface area (Å²) in [5.41, 5.74) is 2.22. The van der Waals surface area contributed by atoms with Crippen molar-refractivity contribution in [3.05, 3.63) is 77.7 Å². The number of nitrogens with one attached hydrogen (secondary N) is 2. The monoisotopic (exact) mass is 477 g/mol. The summed E-state index contributed by atoms with van der Waals surface area (Å²) in [4.78, 5) is 23.6. The quantitative estimate of drug-likeness (QED) is 0.345. The summed E-state index contributed by atoms with van der Waals surface area (Å²) in [5.74, 6) is 0.694. The van der Waals surface area contributed by atoms with Gasteiger partial charge in [0.1, 0.15) is 11.6 Å². The highest BCUT2D eigenvalue weighted by Crippen LogP contribution is 2.29. The molecule has 1 aliphatic heterocycles. The predicted octanol–water partition coefficient (Wildman–Crippen LogP) is 6.46. The first kappa shape index (κ1) is 21.9. The number of ether oxygens (including phenoxy) is 1. The number of hydrogen-bond acceptors (Lipinski definition) is 5. The van der Waals surface area contributed by atoms with Gasteiger partial charge in [0.2, 0.25) is 0 Å². The molecule has 7 nitrogen and oxygen atoms in total. The van der Waals surface area contributed by atoms with Crippen LogP contribution in [-0.4, -0.2) is 29.1 Å². The second-order valence-electron chi connectivity index (χ2n) is 7.91. The normalized spacial score (nSPS) is 13.2. The van der Waals surface area contributed by atoms with Gasteiger partial charge in [-0.25, -0.2) is 14.2 Å². The molecule has 0 bridgehead atoms. The molecule has 5 rings (SSSR count). The third kappa shape index (κ3) is 5.02. The van der Waals surface area contributed by atoms with E-state index in [0.717, 1.165) is 37.3 Å². The van der Waals surface area contributed by atoms with Gasteiger partial charge >= 0.3 is 6.03 Å². The van der Waals surface area contributed by atoms with Crippen LogP contribution in [-0.2, 0) is 0 Å². The Bertz CT molecular complexity index is 1360. The van der Waals surface area contributed by atoms with Crippen LogP contribution in [0.25, 0.3) is 11.0 Å². The second-order valence-corrected chi connectivity index (χ2v) is 8.35. The van der Waals surface area contributed by atoms with Crippen LogP contribution >= 0.6 is 11.6 Å². The highest BCUT2D eigenvalue weighted by Gasteiger charge is 2.15. The summed E-state index contributed by atoms with van der Waals surface area (Å²) in [7, 11) is 0. The molecule has 2 heterocycles. The van der Waals surface area contributed by atoms with Gasteiger partial charge in [-0.3, -0.25) is 4.98 Å². The number of carbonyl (C=O) groups excluding carboxylic acids is 1. The molecule has 172 valence electrons. The molecule has 1 fully saturated rings. The summed E-state index contributed by atoms with van der Waals surface area (Å²) in [6.07, 6.45) is 4.08. The highest BCUT2D eigenvalue weighted by atomic mass is 35.5. The second kappa shape index (κ2) is 9.52. The van der Waals surface area contributed by atoms with Gasteiger partial charge in [0.15, 0.2) is 11.6 Å². The first-order valence-electron chi connectivity index (χ1n) is 10.9. The van der Waals surface area contributed by atoms with E-state index in [1.807, 2.05) is 0 Å². The molecule has 34 heavy (non-hydrogen) atoms. The van der Waals surface area contributed by atoms with Gasteiger partial charge in [-0.1, -0.05) is 17.7 Å². The van der Waals surface area contributed by atoms with Gasteiger partial charge < -0.3 is 20.3 Å². The van der Waals surface area contributed by atoms with E-state index in [1.165, 1.54) is 12.1 Å². The predicted molar refractivity (Wildman–Crippen MR) is 132 cm³/mol. The maximum Gasteiger partial charge on any atom is 0.323 e. The van der Waals surface area contributed by atoms with Crippen LogP contribution in [0, 0.1) is 5.82 Å². The van der Waals surface area contributed by atoms with Crippen LogP contribution < -0.4 is 20.3 Å². The van der Waals surface area contributed by atoms with Crippen molar-refractivity contribution in [3.8, 4) is 11.5 Å². The number of halogens is 2. The Balaban J connectivity index is 1.28. The van der Waals surface area contributed by atoms with E-state index in [9.17, 15) is 9.18 Å². The zero-order chi connectivity index (χ0) is 23.5. The number of rotatable bonds is 5. The minimum absolute atomic E-state index is 0.0313. The molecule has 0 radical (unpaired) electrons. The summed E-state index contributed by atoms with van der Waals surface area (Å²) in [5, 5.41) is 5.73. The van der Waals surface area contributed by atoms with Crippen molar-refractivity contribution in [2.75, 3.05) is 28.6 Å². The fourth-order valence-corrected chi connectivity index (χ4v) is 3.98. The van der Waals surface area contributed by atoms with Crippen molar-refractivity contribution in [1.29, 1.82) is 0 Å². The number of anilines is 3. The molecular formula is C25H21ClFN5O2. The molecule has 2 N–H and O–H groups in total. The van der Waals surface area contributed by atoms with E-state index < -0.39 is 11.8 Å². The lowest BCUT2D eigenvalue weighted by atomic mass is 10.2. The number of nitrogens with zero attached hydrogens (tertiary/aromatic N) is 3. The molecule has 0 spiro atoms. The highest BCUT2D eigenvalue weighted by molar-refractivity contribution is 6.30. The van der Waals surface area contributed by atoms with Gasteiger partial charge in [-0.05, 0) is 55.3 Å². The minimum Gasteiger partial charge on any atom is -0.454 e. The summed E-state index contributed by atoms with van der Waals surface area (Å²) in [6, 6.07) is 15.7. The Hall–Kier alpha value is -3.91. The first-order chi connectivity index (χ1) is 16.5. The standard InChI is InChI=1S/C25H21ClFN5O2/c26-16-4-3-5-17(12-16)29-25(33)30-18-6-9-23(20(27)13-18)34-19-7-8-21-22(14-19)31-24(15-28-21)32-10-1-2-11-32/h3-9,12-15H,1-2,10-11H2,(H2,29,30,33). The van der Waals surface area contributed by atoms with Crippen LogP contribution in [0.2, 0.25) is 5.02 Å². The molecule has 3 aromatic carbocycles. The Morgan fingerprint density at radius 3 is 2.53 bits per heavy atom. The van der Waals surface area contributed by atoms with Crippen LogP contribution in [0.3, 0.4) is 0 Å². The third-order valence-electron chi connectivity index (χ3n) is 5.43. The molecule has 0 aliphatic carbocycles. The molecule has 4 aromatic rings. The number of amides is 2. The number of aromatic nitrogens is 2. The average molecular weight is 478 g/mol. The van der Waals surface area contributed by atoms with Crippen molar-refractivity contribution in [1.82, 2.24) is 9.97 Å². The minimum atomic E-state index is -0.613. The van der Waals surface area contributed by atoms with Crippen molar-refractivity contribution in [2.45, 2.75) is 12.8 Å². The molecular weight excluding hydrogens is 457 g/mol. The van der Waals surface area contributed by atoms with Gasteiger partial charge in [-0.15, -0.1) is 0 Å². The molecule has 0 atom stereocenters. The van der Waals surface area contributed by atoms with Crippen molar-refractivity contribution < 1.29 is 13.9 Å². The largest absolute Gasteiger partial charge is 0.454 e. The number of benzene rings is 3. The molecule has 0 saturated carbocycles. The zero-order valence-corrected chi connectivity index (χ0v) is 18.8. The van der Waals surface area contributed by atoms with Crippen LogP contribution in [0.1, 0.15) is 12.8 Å². The lowest BCUT2D eigenvalue weighted by Gasteiger charge is -2.16. The summed E-state index contributed by atoms with van der Waals surface area (Å²) >= 11 is 5.92. The molecule has 2 amide bonds. The first-order valence-corrected chi connectivity index (χ1v) is 11.2. The van der Waals surface area contributed by atoms with Crippen molar-refractivity contribution >= 4 is 45.9 Å². The van der Waals surface area contributed by atoms with E-state index in [0.29, 0.717) is 22.0 Å². The van der Waals surface area contributed by atoms with E-state index in [4.69, 9.17) is 21.3 Å². The van der Waals surface area contributed by atoms with Crippen molar-refractivity contribution in [3.63, 3.8) is 0 Å². The Morgan fingerprint density at radius 1 is 0.971 bits per heavy atom. The van der Waals surface area contributed by atoms with Crippen molar-refractivity contribution in [2.24, 2.45) is 0 Å². The van der Waals surface area contributed by atoms with E-state index in [-0.39, 0.29) is 11.4 Å². The Labute approximate surface area is 200 Å². The van der Waals surface area contributed by atoms with Gasteiger partial charge in [0, 0.05) is 41.6 Å². The van der Waals surface area contributed by atoms with Crippen LogP contribution in [0.4, 0.5) is 26.4 Å². The third-order valence-corrected chi connectivity index (χ3v) is 5.67. The Kier molecular flexibility index (Phi) is 6.14. The molecule has 1 aromatic heterocycles. The maximum atomic E-state index is 14.7. The number of hydrogen-bond donors (Lipinski definition) is 2. The average Bonchev–Trinajstić information content (AvgIpc) is 3.35. The molecule has 0 unspecified atom stereocenters. The number of urea groups is 1. The molecule has 9 heteroatoms. The number of fused-ring (bicyclic) bond motifs is 1. The van der Waals surface area contributed by atoms with E-state index in [2.05, 4.69) is 20.5 Å². The fourth-order valence-electron chi connectivity index (χ4n) is 3.79.